The second-order valence-corrected chi connectivity index (χ2v) is 9.06. The van der Waals surface area contributed by atoms with Crippen LogP contribution in [0.5, 0.6) is 5.75 Å². The van der Waals surface area contributed by atoms with Crippen molar-refractivity contribution in [2.45, 2.75) is 77.0 Å². The lowest BCUT2D eigenvalue weighted by molar-refractivity contribution is 0.00593. The number of nitrogens with one attached hydrogen (secondary N) is 1. The van der Waals surface area contributed by atoms with Crippen LogP contribution in [0.25, 0.3) is 11.4 Å². The van der Waals surface area contributed by atoms with Crippen LogP contribution in [0.2, 0.25) is 5.02 Å². The van der Waals surface area contributed by atoms with E-state index in [1.165, 1.54) is 19.3 Å². The molecule has 0 radical (unpaired) electrons. The predicted molar refractivity (Wildman–Crippen MR) is 122 cm³/mol. The lowest BCUT2D eigenvalue weighted by Gasteiger charge is -2.24. The normalized spacial score (nSPS) is 19.9. The molecule has 6 nitrogen and oxygen atoms in total. The van der Waals surface area contributed by atoms with Crippen LogP contribution in [0.4, 0.5) is 0 Å². The smallest absolute Gasteiger partial charge is 0.271 e. The van der Waals surface area contributed by atoms with Gasteiger partial charge in [-0.25, -0.2) is 4.98 Å². The van der Waals surface area contributed by atoms with Gasteiger partial charge >= 0.3 is 0 Å². The number of imidazole rings is 1. The summed E-state index contributed by atoms with van der Waals surface area (Å²) in [5, 5.41) is 3.81. The number of hydrogen-bond donors (Lipinski definition) is 1. The first-order chi connectivity index (χ1) is 15.1. The summed E-state index contributed by atoms with van der Waals surface area (Å²) in [7, 11) is 1.63. The first-order valence-electron chi connectivity index (χ1n) is 11.4. The fourth-order valence-electron chi connectivity index (χ4n) is 4.69. The average Bonchev–Trinajstić information content (AvgIpc) is 3.11. The highest BCUT2D eigenvalue weighted by Gasteiger charge is 2.27. The van der Waals surface area contributed by atoms with E-state index in [1.807, 2.05) is 19.1 Å². The number of benzene rings is 1. The van der Waals surface area contributed by atoms with Crippen LogP contribution in [0, 0.1) is 6.92 Å². The first-order valence-corrected chi connectivity index (χ1v) is 11.8. The highest BCUT2D eigenvalue weighted by Crippen LogP contribution is 2.34. The van der Waals surface area contributed by atoms with Crippen LogP contribution < -0.4 is 10.1 Å². The molecule has 0 spiro atoms. The van der Waals surface area contributed by atoms with E-state index in [-0.39, 0.29) is 18.1 Å². The molecule has 2 heterocycles. The van der Waals surface area contributed by atoms with Crippen molar-refractivity contribution in [3.05, 3.63) is 34.6 Å². The van der Waals surface area contributed by atoms with E-state index < -0.39 is 0 Å². The summed E-state index contributed by atoms with van der Waals surface area (Å²) in [6.45, 7) is 3.40. The number of nitrogens with zero attached hydrogens (tertiary/aromatic N) is 2. The fraction of sp³-hybridized carbons (Fsp3) is 0.583. The highest BCUT2D eigenvalue weighted by molar-refractivity contribution is 6.30. The monoisotopic (exact) mass is 445 g/mol. The van der Waals surface area contributed by atoms with Crippen molar-refractivity contribution >= 4 is 17.5 Å². The molecule has 1 saturated carbocycles. The summed E-state index contributed by atoms with van der Waals surface area (Å²) in [6.07, 6.45) is 9.04. The quantitative estimate of drug-likeness (QED) is 0.667. The van der Waals surface area contributed by atoms with Crippen molar-refractivity contribution in [1.29, 1.82) is 0 Å². The highest BCUT2D eigenvalue weighted by atomic mass is 35.5. The maximum atomic E-state index is 13.2. The van der Waals surface area contributed by atoms with Gasteiger partial charge in [0.15, 0.2) is 0 Å². The number of methoxy groups -OCH3 is 1. The van der Waals surface area contributed by atoms with Crippen molar-refractivity contribution in [1.82, 2.24) is 14.9 Å². The maximum absolute atomic E-state index is 13.2. The predicted octanol–water partition coefficient (Wildman–Crippen LogP) is 5.15. The van der Waals surface area contributed by atoms with Crippen molar-refractivity contribution in [3.8, 4) is 17.1 Å². The number of hydrogen-bond acceptors (Lipinski definition) is 4. The molecule has 1 atom stereocenters. The molecule has 2 aromatic rings. The Bertz CT molecular complexity index is 915. The molecule has 1 saturated heterocycles. The Labute approximate surface area is 189 Å². The Morgan fingerprint density at radius 3 is 2.71 bits per heavy atom. The zero-order chi connectivity index (χ0) is 21.8. The molecule has 31 heavy (non-hydrogen) atoms. The fourth-order valence-corrected chi connectivity index (χ4v) is 4.86. The van der Waals surface area contributed by atoms with Crippen LogP contribution in [0.1, 0.15) is 67.5 Å². The lowest BCUT2D eigenvalue weighted by Crippen LogP contribution is -2.36. The van der Waals surface area contributed by atoms with Crippen molar-refractivity contribution in [2.24, 2.45) is 0 Å². The SMILES string of the molecule is COc1ccc(Cl)cc1-c1nc(C(=O)NC2CCCCC2)c(C)n1CC1CCCCO1. The number of rotatable bonds is 6. The first kappa shape index (κ1) is 22.2. The molecule has 1 aromatic heterocycles. The van der Waals surface area contributed by atoms with Gasteiger partial charge in [0, 0.05) is 23.4 Å². The van der Waals surface area contributed by atoms with Gasteiger partial charge in [0.2, 0.25) is 0 Å². The van der Waals surface area contributed by atoms with Crippen LogP contribution in [0.3, 0.4) is 0 Å². The van der Waals surface area contributed by atoms with E-state index >= 15 is 0 Å². The third-order valence-electron chi connectivity index (χ3n) is 6.44. The van der Waals surface area contributed by atoms with Crippen LogP contribution in [-0.4, -0.2) is 41.3 Å². The number of amides is 1. The Kier molecular flexibility index (Phi) is 7.18. The van der Waals surface area contributed by atoms with Crippen LogP contribution >= 0.6 is 11.6 Å². The molecule has 1 aromatic carbocycles. The number of carbonyl (C=O) groups is 1. The average molecular weight is 446 g/mol. The summed E-state index contributed by atoms with van der Waals surface area (Å²) < 4.78 is 13.7. The third-order valence-corrected chi connectivity index (χ3v) is 6.67. The van der Waals surface area contributed by atoms with E-state index in [0.717, 1.165) is 50.0 Å². The summed E-state index contributed by atoms with van der Waals surface area (Å²) in [4.78, 5) is 18.0. The van der Waals surface area contributed by atoms with Crippen molar-refractivity contribution < 1.29 is 14.3 Å². The number of ether oxygens (including phenoxy) is 2. The Morgan fingerprint density at radius 2 is 2.00 bits per heavy atom. The van der Waals surface area contributed by atoms with E-state index in [2.05, 4.69) is 9.88 Å². The molecule has 2 aliphatic rings. The third kappa shape index (κ3) is 5.07. The van der Waals surface area contributed by atoms with Crippen molar-refractivity contribution in [2.75, 3.05) is 13.7 Å². The number of carbonyl (C=O) groups excluding carboxylic acids is 1. The second-order valence-electron chi connectivity index (χ2n) is 8.62. The molecule has 1 N–H and O–H groups in total. The van der Waals surface area contributed by atoms with Gasteiger partial charge in [-0.05, 0) is 57.2 Å². The van der Waals surface area contributed by atoms with E-state index in [1.54, 1.807) is 13.2 Å². The van der Waals surface area contributed by atoms with Gasteiger partial charge in [0.1, 0.15) is 17.3 Å². The van der Waals surface area contributed by atoms with Gasteiger partial charge in [-0.3, -0.25) is 4.79 Å². The lowest BCUT2D eigenvalue weighted by atomic mass is 9.95. The Balaban J connectivity index is 1.70. The second kappa shape index (κ2) is 10.0. The largest absolute Gasteiger partial charge is 0.496 e. The minimum atomic E-state index is -0.102. The molecular weight excluding hydrogens is 414 g/mol. The van der Waals surface area contributed by atoms with Gasteiger partial charge in [-0.2, -0.15) is 0 Å². The van der Waals surface area contributed by atoms with E-state index in [9.17, 15) is 4.79 Å². The van der Waals surface area contributed by atoms with Gasteiger partial charge in [-0.15, -0.1) is 0 Å². The molecule has 168 valence electrons. The molecule has 1 amide bonds. The van der Waals surface area contributed by atoms with Crippen molar-refractivity contribution in [3.63, 3.8) is 0 Å². The van der Waals surface area contributed by atoms with Gasteiger partial charge in [-0.1, -0.05) is 30.9 Å². The minimum Gasteiger partial charge on any atom is -0.496 e. The molecule has 1 aliphatic carbocycles. The maximum Gasteiger partial charge on any atom is 0.271 e. The molecule has 7 heteroatoms. The Morgan fingerprint density at radius 1 is 1.23 bits per heavy atom. The van der Waals surface area contributed by atoms with E-state index in [0.29, 0.717) is 28.8 Å². The molecule has 2 fully saturated rings. The summed E-state index contributed by atoms with van der Waals surface area (Å²) in [5.74, 6) is 1.27. The topological polar surface area (TPSA) is 65.4 Å². The molecule has 1 unspecified atom stereocenters. The summed E-state index contributed by atoms with van der Waals surface area (Å²) in [6, 6.07) is 5.72. The van der Waals surface area contributed by atoms with Crippen LogP contribution in [0.15, 0.2) is 18.2 Å². The molecule has 0 bridgehead atoms. The van der Waals surface area contributed by atoms with Gasteiger partial charge in [0.25, 0.3) is 5.91 Å². The molecule has 1 aliphatic heterocycles. The minimum absolute atomic E-state index is 0.102. The summed E-state index contributed by atoms with van der Waals surface area (Å²) in [5.41, 5.74) is 2.10. The Hall–Kier alpha value is -2.05. The standard InChI is InChI=1S/C24H32ClN3O3/c1-16-22(24(29)26-18-8-4-3-5-9-18)27-23(20-14-17(25)11-12-21(20)30-2)28(16)15-19-10-6-7-13-31-19/h11-12,14,18-19H,3-10,13,15H2,1-2H3,(H,26,29). The zero-order valence-corrected chi connectivity index (χ0v) is 19.2. The summed E-state index contributed by atoms with van der Waals surface area (Å²) >= 11 is 6.31. The number of halogens is 1. The van der Waals surface area contributed by atoms with Gasteiger partial charge < -0.3 is 19.4 Å². The zero-order valence-electron chi connectivity index (χ0n) is 18.5. The van der Waals surface area contributed by atoms with Gasteiger partial charge in [0.05, 0.1) is 25.3 Å². The molecular formula is C24H32ClN3O3. The molecule has 4 rings (SSSR count). The number of aromatic nitrogens is 2. The van der Waals surface area contributed by atoms with Crippen LogP contribution in [-0.2, 0) is 11.3 Å². The van der Waals surface area contributed by atoms with E-state index in [4.69, 9.17) is 26.1 Å².